The summed E-state index contributed by atoms with van der Waals surface area (Å²) in [6.07, 6.45) is 5.04. The summed E-state index contributed by atoms with van der Waals surface area (Å²) >= 11 is 0. The lowest BCUT2D eigenvalue weighted by Crippen LogP contribution is -2.36. The van der Waals surface area contributed by atoms with Crippen LogP contribution in [0.25, 0.3) is 0 Å². The first kappa shape index (κ1) is 21.5. The number of halogens is 1. The van der Waals surface area contributed by atoms with Gasteiger partial charge in [-0.3, -0.25) is 19.5 Å². The van der Waals surface area contributed by atoms with E-state index in [1.165, 1.54) is 6.07 Å². The van der Waals surface area contributed by atoms with Gasteiger partial charge in [0.1, 0.15) is 11.6 Å². The lowest BCUT2D eigenvalue weighted by molar-refractivity contribution is -0.129. The number of fused-ring (bicyclic) bond motifs is 1. The van der Waals surface area contributed by atoms with Gasteiger partial charge < -0.3 is 9.88 Å². The summed E-state index contributed by atoms with van der Waals surface area (Å²) in [5.74, 6) is 0.146. The van der Waals surface area contributed by atoms with Gasteiger partial charge in [0.2, 0.25) is 5.91 Å². The van der Waals surface area contributed by atoms with Crippen molar-refractivity contribution in [3.05, 3.63) is 93.2 Å². The maximum atomic E-state index is 13.9. The van der Waals surface area contributed by atoms with Crippen LogP contribution in [-0.2, 0) is 30.7 Å². The number of aromatic nitrogens is 3. The smallest absolute Gasteiger partial charge is 0.254 e. The van der Waals surface area contributed by atoms with Gasteiger partial charge in [-0.25, -0.2) is 9.37 Å². The molecular formula is C25H26FN5O2. The summed E-state index contributed by atoms with van der Waals surface area (Å²) < 4.78 is 13.9. The molecule has 7 nitrogen and oxygen atoms in total. The number of nitrogens with one attached hydrogen (secondary N) is 1. The molecule has 0 bridgehead atoms. The Morgan fingerprint density at radius 1 is 1.18 bits per heavy atom. The first-order chi connectivity index (χ1) is 16.1. The minimum atomic E-state index is -0.363. The number of amides is 1. The van der Waals surface area contributed by atoms with Gasteiger partial charge in [0.15, 0.2) is 0 Å². The summed E-state index contributed by atoms with van der Waals surface area (Å²) in [4.78, 5) is 41.5. The Balaban J connectivity index is 1.27. The fourth-order valence-electron chi connectivity index (χ4n) is 4.72. The molecule has 1 aromatic carbocycles. The topological polar surface area (TPSA) is 82.2 Å². The van der Waals surface area contributed by atoms with Gasteiger partial charge in [-0.2, -0.15) is 0 Å². The molecule has 0 aliphatic carbocycles. The maximum Gasteiger partial charge on any atom is 0.254 e. The molecule has 1 atom stereocenters. The zero-order valence-electron chi connectivity index (χ0n) is 18.3. The van der Waals surface area contributed by atoms with Crippen LogP contribution in [0.2, 0.25) is 0 Å². The molecule has 0 spiro atoms. The van der Waals surface area contributed by atoms with E-state index in [4.69, 9.17) is 4.98 Å². The predicted octanol–water partition coefficient (Wildman–Crippen LogP) is 2.42. The maximum absolute atomic E-state index is 13.9. The number of benzene rings is 1. The summed E-state index contributed by atoms with van der Waals surface area (Å²) in [6, 6.07) is 10.3. The highest BCUT2D eigenvalue weighted by molar-refractivity contribution is 5.79. The molecule has 2 aliphatic rings. The first-order valence-corrected chi connectivity index (χ1v) is 11.3. The molecule has 2 aliphatic heterocycles. The van der Waals surface area contributed by atoms with Crippen LogP contribution >= 0.6 is 0 Å². The SMILES string of the molecule is O=C(Cc1ccccc1F)N1CC[C@H](c2nc3c(c(=O)[nH]2)CCN(Cc2cccnc2)C3)C1. The molecule has 1 amide bonds. The molecule has 5 rings (SSSR count). The van der Waals surface area contributed by atoms with E-state index in [0.717, 1.165) is 36.3 Å². The van der Waals surface area contributed by atoms with Crippen molar-refractivity contribution in [1.82, 2.24) is 24.8 Å². The standard InChI is InChI=1S/C25H26FN5O2/c26-21-6-2-1-5-18(21)12-23(32)31-11-7-19(15-31)24-28-22-16-30(10-8-20(22)25(33)29-24)14-17-4-3-9-27-13-17/h1-6,9,13,19H,7-8,10-12,14-16H2,(H,28,29,33)/t19-/m0/s1. The third kappa shape index (κ3) is 4.71. The Morgan fingerprint density at radius 3 is 2.88 bits per heavy atom. The van der Waals surface area contributed by atoms with Crippen LogP contribution in [-0.4, -0.2) is 50.3 Å². The van der Waals surface area contributed by atoms with Crippen LogP contribution in [0.4, 0.5) is 4.39 Å². The number of hydrogen-bond acceptors (Lipinski definition) is 5. The molecule has 8 heteroatoms. The van der Waals surface area contributed by atoms with E-state index in [2.05, 4.69) is 14.9 Å². The lowest BCUT2D eigenvalue weighted by atomic mass is 10.0. The van der Waals surface area contributed by atoms with Gasteiger partial charge >= 0.3 is 0 Å². The molecule has 2 aromatic heterocycles. The molecule has 3 aromatic rings. The van der Waals surface area contributed by atoms with Crippen molar-refractivity contribution in [2.75, 3.05) is 19.6 Å². The van der Waals surface area contributed by atoms with E-state index in [-0.39, 0.29) is 29.6 Å². The van der Waals surface area contributed by atoms with Crippen LogP contribution in [0.3, 0.4) is 0 Å². The molecule has 4 heterocycles. The third-order valence-electron chi connectivity index (χ3n) is 6.53. The highest BCUT2D eigenvalue weighted by atomic mass is 19.1. The molecule has 1 saturated heterocycles. The molecule has 0 saturated carbocycles. The second-order valence-electron chi connectivity index (χ2n) is 8.79. The normalized spacial score (nSPS) is 18.3. The van der Waals surface area contributed by atoms with Crippen molar-refractivity contribution >= 4 is 5.91 Å². The second kappa shape index (κ2) is 9.23. The molecule has 0 unspecified atom stereocenters. The van der Waals surface area contributed by atoms with Crippen molar-refractivity contribution in [2.45, 2.75) is 38.3 Å². The number of aromatic amines is 1. The number of carbonyl (C=O) groups is 1. The van der Waals surface area contributed by atoms with Crippen LogP contribution in [0, 0.1) is 5.82 Å². The highest BCUT2D eigenvalue weighted by Crippen LogP contribution is 2.26. The van der Waals surface area contributed by atoms with Crippen LogP contribution in [0.1, 0.15) is 40.5 Å². The van der Waals surface area contributed by atoms with E-state index in [9.17, 15) is 14.0 Å². The average molecular weight is 448 g/mol. The monoisotopic (exact) mass is 447 g/mol. The quantitative estimate of drug-likeness (QED) is 0.650. The number of H-pyrrole nitrogens is 1. The summed E-state index contributed by atoms with van der Waals surface area (Å²) in [5.41, 5.74) is 3.03. The molecule has 1 N–H and O–H groups in total. The Morgan fingerprint density at radius 2 is 2.06 bits per heavy atom. The summed E-state index contributed by atoms with van der Waals surface area (Å²) in [5, 5.41) is 0. The number of hydrogen-bond donors (Lipinski definition) is 1. The van der Waals surface area contributed by atoms with E-state index < -0.39 is 0 Å². The van der Waals surface area contributed by atoms with Crippen LogP contribution < -0.4 is 5.56 Å². The number of pyridine rings is 1. The third-order valence-corrected chi connectivity index (χ3v) is 6.53. The number of nitrogens with zero attached hydrogens (tertiary/aromatic N) is 4. The Labute approximate surface area is 191 Å². The van der Waals surface area contributed by atoms with Crippen LogP contribution in [0.15, 0.2) is 53.6 Å². The van der Waals surface area contributed by atoms with E-state index in [1.807, 2.05) is 18.3 Å². The van der Waals surface area contributed by atoms with Gasteiger partial charge in [-0.15, -0.1) is 0 Å². The van der Waals surface area contributed by atoms with Gasteiger partial charge in [-0.05, 0) is 36.1 Å². The fourth-order valence-corrected chi connectivity index (χ4v) is 4.72. The Hall–Kier alpha value is -3.39. The second-order valence-corrected chi connectivity index (χ2v) is 8.79. The van der Waals surface area contributed by atoms with Crippen molar-refractivity contribution in [1.29, 1.82) is 0 Å². The van der Waals surface area contributed by atoms with Gasteiger partial charge in [0, 0.05) is 56.6 Å². The first-order valence-electron chi connectivity index (χ1n) is 11.3. The van der Waals surface area contributed by atoms with Gasteiger partial charge in [0.05, 0.1) is 12.1 Å². The largest absolute Gasteiger partial charge is 0.342 e. The van der Waals surface area contributed by atoms with Gasteiger partial charge in [0.25, 0.3) is 5.56 Å². The molecule has 170 valence electrons. The van der Waals surface area contributed by atoms with Crippen molar-refractivity contribution in [3.63, 3.8) is 0 Å². The minimum Gasteiger partial charge on any atom is -0.342 e. The number of rotatable bonds is 5. The number of carbonyl (C=O) groups excluding carboxylic acids is 1. The summed E-state index contributed by atoms with van der Waals surface area (Å²) in [7, 11) is 0. The number of likely N-dealkylation sites (tertiary alicyclic amines) is 1. The Kier molecular flexibility index (Phi) is 6.00. The average Bonchev–Trinajstić information content (AvgIpc) is 3.32. The minimum absolute atomic E-state index is 0.0266. The molecule has 1 fully saturated rings. The van der Waals surface area contributed by atoms with Crippen molar-refractivity contribution in [3.8, 4) is 0 Å². The summed E-state index contributed by atoms with van der Waals surface area (Å²) in [6.45, 7) is 3.23. The van der Waals surface area contributed by atoms with Crippen molar-refractivity contribution < 1.29 is 9.18 Å². The van der Waals surface area contributed by atoms with Crippen molar-refractivity contribution in [2.24, 2.45) is 0 Å². The van der Waals surface area contributed by atoms with E-state index in [0.29, 0.717) is 37.4 Å². The van der Waals surface area contributed by atoms with E-state index in [1.54, 1.807) is 29.3 Å². The zero-order valence-corrected chi connectivity index (χ0v) is 18.3. The molecular weight excluding hydrogens is 421 g/mol. The highest BCUT2D eigenvalue weighted by Gasteiger charge is 2.31. The lowest BCUT2D eigenvalue weighted by Gasteiger charge is -2.28. The van der Waals surface area contributed by atoms with Gasteiger partial charge in [-0.1, -0.05) is 24.3 Å². The zero-order chi connectivity index (χ0) is 22.8. The predicted molar refractivity (Wildman–Crippen MR) is 121 cm³/mol. The van der Waals surface area contributed by atoms with E-state index >= 15 is 0 Å². The molecule has 33 heavy (non-hydrogen) atoms. The van der Waals surface area contributed by atoms with Crippen LogP contribution in [0.5, 0.6) is 0 Å². The fraction of sp³-hybridized carbons (Fsp3) is 0.360. The Bertz CT molecular complexity index is 1210. The molecule has 0 radical (unpaired) electrons.